The van der Waals surface area contributed by atoms with Gasteiger partial charge < -0.3 is 5.11 Å². The monoisotopic (exact) mass is 344 g/mol. The molecule has 0 bridgehead atoms. The smallest absolute Gasteiger partial charge is 0.303 e. The molecular formula is C23H36O2. The third kappa shape index (κ3) is 20.1. The standard InChI is InChI=1S/C23H36O2/c1-3-4-5-6-13-16-19-22(2)20-17-14-11-9-7-8-10-12-15-18-21-23(24)25/h4-5,7-8,11,13-14,16-17,20,22H,3,6,9-10,12,15,18-19,21H2,1-2H3,(H,24,25). The number of carboxylic acids is 1. The summed E-state index contributed by atoms with van der Waals surface area (Å²) in [5, 5.41) is 8.54. The molecule has 0 aromatic heterocycles. The van der Waals surface area contributed by atoms with Crippen LogP contribution in [0, 0.1) is 5.92 Å². The lowest BCUT2D eigenvalue weighted by Crippen LogP contribution is -1.93. The minimum absolute atomic E-state index is 0.295. The fourth-order valence-corrected chi connectivity index (χ4v) is 2.25. The molecule has 0 radical (unpaired) electrons. The quantitative estimate of drug-likeness (QED) is 0.197. The van der Waals surface area contributed by atoms with Crippen molar-refractivity contribution in [1.82, 2.24) is 0 Å². The molecule has 2 nitrogen and oxygen atoms in total. The van der Waals surface area contributed by atoms with E-state index in [0.29, 0.717) is 12.3 Å². The fraction of sp³-hybridized carbons (Fsp3) is 0.522. The lowest BCUT2D eigenvalue weighted by atomic mass is 10.1. The van der Waals surface area contributed by atoms with Gasteiger partial charge >= 0.3 is 5.97 Å². The maximum Gasteiger partial charge on any atom is 0.303 e. The van der Waals surface area contributed by atoms with Crippen LogP contribution in [0.5, 0.6) is 0 Å². The third-order valence-electron chi connectivity index (χ3n) is 3.74. The molecule has 25 heavy (non-hydrogen) atoms. The van der Waals surface area contributed by atoms with E-state index in [-0.39, 0.29) is 0 Å². The van der Waals surface area contributed by atoms with Gasteiger partial charge in [-0.25, -0.2) is 0 Å². The van der Waals surface area contributed by atoms with Gasteiger partial charge in [-0.1, -0.05) is 81.0 Å². The summed E-state index contributed by atoms with van der Waals surface area (Å²) in [6.07, 6.45) is 30.3. The van der Waals surface area contributed by atoms with E-state index in [1.165, 1.54) is 0 Å². The van der Waals surface area contributed by atoms with Crippen molar-refractivity contribution < 1.29 is 9.90 Å². The summed E-state index contributed by atoms with van der Waals surface area (Å²) in [5.74, 6) is -0.124. The normalized spacial score (nSPS) is 14.0. The van der Waals surface area contributed by atoms with Crippen LogP contribution in [-0.2, 0) is 4.79 Å². The van der Waals surface area contributed by atoms with E-state index in [9.17, 15) is 4.79 Å². The molecule has 0 aromatic carbocycles. The van der Waals surface area contributed by atoms with Gasteiger partial charge in [-0.3, -0.25) is 4.79 Å². The molecule has 0 saturated heterocycles. The first-order valence-corrected chi connectivity index (χ1v) is 9.67. The minimum atomic E-state index is -0.691. The lowest BCUT2D eigenvalue weighted by molar-refractivity contribution is -0.137. The zero-order chi connectivity index (χ0) is 18.6. The zero-order valence-corrected chi connectivity index (χ0v) is 16.1. The highest BCUT2D eigenvalue weighted by Gasteiger charge is 1.94. The van der Waals surface area contributed by atoms with E-state index < -0.39 is 5.97 Å². The molecule has 2 heteroatoms. The second-order valence-electron chi connectivity index (χ2n) is 6.31. The Morgan fingerprint density at radius 2 is 1.60 bits per heavy atom. The fourth-order valence-electron chi connectivity index (χ4n) is 2.25. The van der Waals surface area contributed by atoms with Gasteiger partial charge in [0.25, 0.3) is 0 Å². The summed E-state index contributed by atoms with van der Waals surface area (Å²) in [5.41, 5.74) is 0. The maximum atomic E-state index is 10.4. The van der Waals surface area contributed by atoms with Gasteiger partial charge in [0.05, 0.1) is 0 Å². The number of aliphatic carboxylic acids is 1. The van der Waals surface area contributed by atoms with Gasteiger partial charge in [0.15, 0.2) is 0 Å². The molecule has 0 saturated carbocycles. The van der Waals surface area contributed by atoms with Crippen molar-refractivity contribution >= 4 is 5.97 Å². The highest BCUT2D eigenvalue weighted by molar-refractivity contribution is 5.66. The first kappa shape index (κ1) is 23.2. The van der Waals surface area contributed by atoms with Gasteiger partial charge in [-0.05, 0) is 50.9 Å². The van der Waals surface area contributed by atoms with Crippen molar-refractivity contribution in [2.45, 2.75) is 71.6 Å². The highest BCUT2D eigenvalue weighted by Crippen LogP contribution is 2.06. The van der Waals surface area contributed by atoms with Crippen molar-refractivity contribution in [3.05, 3.63) is 60.8 Å². The molecule has 1 atom stereocenters. The number of carbonyl (C=O) groups is 1. The minimum Gasteiger partial charge on any atom is -0.481 e. The van der Waals surface area contributed by atoms with Crippen LogP contribution in [0.3, 0.4) is 0 Å². The Bertz CT molecular complexity index is 453. The second-order valence-corrected chi connectivity index (χ2v) is 6.31. The largest absolute Gasteiger partial charge is 0.481 e. The van der Waals surface area contributed by atoms with Gasteiger partial charge in [-0.2, -0.15) is 0 Å². The Hall–Kier alpha value is -1.83. The van der Waals surface area contributed by atoms with E-state index in [2.05, 4.69) is 74.6 Å². The molecule has 1 N–H and O–H groups in total. The average molecular weight is 345 g/mol. The highest BCUT2D eigenvalue weighted by atomic mass is 16.4. The van der Waals surface area contributed by atoms with Crippen LogP contribution in [0.1, 0.15) is 71.6 Å². The third-order valence-corrected chi connectivity index (χ3v) is 3.74. The SMILES string of the molecule is CCC=CCC=CCC(C)C=CC=CCC=CCCCCCC(=O)O. The summed E-state index contributed by atoms with van der Waals surface area (Å²) in [4.78, 5) is 10.4. The van der Waals surface area contributed by atoms with E-state index in [1.54, 1.807) is 0 Å². The van der Waals surface area contributed by atoms with Crippen molar-refractivity contribution in [3.63, 3.8) is 0 Å². The van der Waals surface area contributed by atoms with Crippen molar-refractivity contribution in [2.75, 3.05) is 0 Å². The number of unbranched alkanes of at least 4 members (excludes halogenated alkanes) is 3. The summed E-state index contributed by atoms with van der Waals surface area (Å²) in [7, 11) is 0. The van der Waals surface area contributed by atoms with Crippen LogP contribution in [0.25, 0.3) is 0 Å². The predicted molar refractivity (Wildman–Crippen MR) is 110 cm³/mol. The Kier molecular flexibility index (Phi) is 17.2. The van der Waals surface area contributed by atoms with Crippen LogP contribution in [-0.4, -0.2) is 11.1 Å². The summed E-state index contributed by atoms with van der Waals surface area (Å²) in [6.45, 7) is 4.39. The van der Waals surface area contributed by atoms with Crippen LogP contribution in [0.2, 0.25) is 0 Å². The van der Waals surface area contributed by atoms with Gasteiger partial charge in [0, 0.05) is 6.42 Å². The Labute approximate surface area is 154 Å². The molecule has 0 aliphatic rings. The number of rotatable bonds is 15. The molecule has 0 aliphatic heterocycles. The molecule has 0 heterocycles. The topological polar surface area (TPSA) is 37.3 Å². The molecule has 0 fully saturated rings. The molecule has 0 aliphatic carbocycles. The summed E-state index contributed by atoms with van der Waals surface area (Å²) < 4.78 is 0. The molecule has 0 aromatic rings. The number of hydrogen-bond acceptors (Lipinski definition) is 1. The molecule has 1 unspecified atom stereocenters. The van der Waals surface area contributed by atoms with Crippen LogP contribution < -0.4 is 0 Å². The zero-order valence-electron chi connectivity index (χ0n) is 16.1. The molecule has 0 rings (SSSR count). The number of hydrogen-bond donors (Lipinski definition) is 1. The van der Waals surface area contributed by atoms with E-state index in [0.717, 1.165) is 51.4 Å². The Morgan fingerprint density at radius 1 is 0.880 bits per heavy atom. The maximum absolute atomic E-state index is 10.4. The molecule has 140 valence electrons. The van der Waals surface area contributed by atoms with Crippen LogP contribution >= 0.6 is 0 Å². The van der Waals surface area contributed by atoms with Crippen molar-refractivity contribution in [1.29, 1.82) is 0 Å². The summed E-state index contributed by atoms with van der Waals surface area (Å²) in [6, 6.07) is 0. The van der Waals surface area contributed by atoms with Gasteiger partial charge in [0.2, 0.25) is 0 Å². The van der Waals surface area contributed by atoms with Gasteiger partial charge in [-0.15, -0.1) is 0 Å². The van der Waals surface area contributed by atoms with E-state index in [1.807, 2.05) is 0 Å². The Balaban J connectivity index is 3.62. The van der Waals surface area contributed by atoms with Gasteiger partial charge in [0.1, 0.15) is 0 Å². The number of carboxylic acid groups (broad SMARTS) is 1. The average Bonchev–Trinajstić information content (AvgIpc) is 2.58. The van der Waals surface area contributed by atoms with Crippen LogP contribution in [0.4, 0.5) is 0 Å². The number of allylic oxidation sites excluding steroid dienone is 10. The van der Waals surface area contributed by atoms with E-state index in [4.69, 9.17) is 5.11 Å². The van der Waals surface area contributed by atoms with E-state index >= 15 is 0 Å². The molecule has 0 amide bonds. The predicted octanol–water partition coefficient (Wildman–Crippen LogP) is 7.02. The lowest BCUT2D eigenvalue weighted by Gasteiger charge is -1.99. The second kappa shape index (κ2) is 18.5. The van der Waals surface area contributed by atoms with Crippen molar-refractivity contribution in [2.24, 2.45) is 5.92 Å². The van der Waals surface area contributed by atoms with Crippen LogP contribution in [0.15, 0.2) is 60.8 Å². The first-order chi connectivity index (χ1) is 12.2. The van der Waals surface area contributed by atoms with Crippen molar-refractivity contribution in [3.8, 4) is 0 Å². The Morgan fingerprint density at radius 3 is 2.36 bits per heavy atom. The molecule has 0 spiro atoms. The first-order valence-electron chi connectivity index (χ1n) is 9.67. The summed E-state index contributed by atoms with van der Waals surface area (Å²) >= 11 is 0. The molecular weight excluding hydrogens is 308 g/mol.